The summed E-state index contributed by atoms with van der Waals surface area (Å²) in [4.78, 5) is 22.5. The lowest BCUT2D eigenvalue weighted by atomic mass is 9.84. The fourth-order valence-corrected chi connectivity index (χ4v) is 2.80. The molecule has 2 atom stereocenters. The Balaban J connectivity index is 3.99. The third-order valence-electron chi connectivity index (χ3n) is 4.09. The molecule has 0 heterocycles. The second-order valence-electron chi connectivity index (χ2n) is 5.94. The zero-order valence-electron chi connectivity index (χ0n) is 13.6. The van der Waals surface area contributed by atoms with Crippen molar-refractivity contribution in [3.63, 3.8) is 0 Å². The van der Waals surface area contributed by atoms with E-state index in [4.69, 9.17) is 0 Å². The Morgan fingerprint density at radius 3 is 1.52 bits per heavy atom. The van der Waals surface area contributed by atoms with Crippen molar-refractivity contribution in [2.24, 2.45) is 11.8 Å². The molecule has 0 aromatic carbocycles. The van der Waals surface area contributed by atoms with Crippen LogP contribution in [0, 0.1) is 11.8 Å². The highest BCUT2D eigenvalue weighted by molar-refractivity contribution is 5.79. The maximum absolute atomic E-state index is 11.3. The highest BCUT2D eigenvalue weighted by Crippen LogP contribution is 2.24. The fraction of sp³-hybridized carbons (Fsp3) is 0.882. The van der Waals surface area contributed by atoms with Crippen LogP contribution in [0.3, 0.4) is 0 Å². The van der Waals surface area contributed by atoms with E-state index in [9.17, 15) is 19.8 Å². The van der Waals surface area contributed by atoms with Crippen molar-refractivity contribution in [3.8, 4) is 0 Å². The minimum atomic E-state index is -0.969. The largest absolute Gasteiger partial charge is 0.481 e. The van der Waals surface area contributed by atoms with Gasteiger partial charge in [-0.25, -0.2) is 0 Å². The Morgan fingerprint density at radius 1 is 0.667 bits per heavy atom. The average molecular weight is 300 g/mol. The molecule has 0 radical (unpaired) electrons. The van der Waals surface area contributed by atoms with Gasteiger partial charge in [0.25, 0.3) is 0 Å². The van der Waals surface area contributed by atoms with Crippen molar-refractivity contribution < 1.29 is 19.8 Å². The predicted molar refractivity (Wildman–Crippen MR) is 84.4 cm³/mol. The molecule has 0 bridgehead atoms. The molecular formula is C17H32O4. The van der Waals surface area contributed by atoms with E-state index in [1.165, 1.54) is 32.1 Å². The molecule has 21 heavy (non-hydrogen) atoms. The topological polar surface area (TPSA) is 74.6 Å². The first kappa shape index (κ1) is 19.9. The van der Waals surface area contributed by atoms with Crippen LogP contribution in [0.15, 0.2) is 0 Å². The number of unbranched alkanes of at least 4 members (excludes halogenated alkanes) is 7. The Morgan fingerprint density at radius 2 is 1.10 bits per heavy atom. The van der Waals surface area contributed by atoms with Gasteiger partial charge in [0.2, 0.25) is 0 Å². The van der Waals surface area contributed by atoms with Gasteiger partial charge in [0, 0.05) is 0 Å². The van der Waals surface area contributed by atoms with Crippen molar-refractivity contribution in [2.75, 3.05) is 0 Å². The molecule has 0 amide bonds. The Hall–Kier alpha value is -1.06. The summed E-state index contributed by atoms with van der Waals surface area (Å²) in [5.41, 5.74) is 0. The van der Waals surface area contributed by atoms with E-state index in [1.54, 1.807) is 0 Å². The zero-order chi connectivity index (χ0) is 16.1. The van der Waals surface area contributed by atoms with Gasteiger partial charge in [-0.1, -0.05) is 71.6 Å². The van der Waals surface area contributed by atoms with Gasteiger partial charge in [-0.15, -0.1) is 0 Å². The van der Waals surface area contributed by atoms with E-state index in [1.807, 2.05) is 6.92 Å². The number of carboxylic acid groups (broad SMARTS) is 2. The van der Waals surface area contributed by atoms with Gasteiger partial charge in [0.15, 0.2) is 0 Å². The van der Waals surface area contributed by atoms with Gasteiger partial charge >= 0.3 is 11.9 Å². The summed E-state index contributed by atoms with van der Waals surface area (Å²) in [7, 11) is 0. The molecule has 4 heteroatoms. The highest BCUT2D eigenvalue weighted by Gasteiger charge is 2.32. The van der Waals surface area contributed by atoms with Crippen LogP contribution in [0.1, 0.15) is 84.5 Å². The molecule has 0 aromatic heterocycles. The van der Waals surface area contributed by atoms with E-state index < -0.39 is 23.8 Å². The van der Waals surface area contributed by atoms with Crippen LogP contribution in [0.5, 0.6) is 0 Å². The number of carboxylic acids is 2. The second-order valence-corrected chi connectivity index (χ2v) is 5.94. The van der Waals surface area contributed by atoms with E-state index in [2.05, 4.69) is 6.92 Å². The third-order valence-corrected chi connectivity index (χ3v) is 4.09. The number of hydrogen-bond donors (Lipinski definition) is 2. The van der Waals surface area contributed by atoms with Crippen molar-refractivity contribution in [1.82, 2.24) is 0 Å². The first-order valence-electron chi connectivity index (χ1n) is 8.50. The normalized spacial score (nSPS) is 13.8. The van der Waals surface area contributed by atoms with Crippen molar-refractivity contribution in [3.05, 3.63) is 0 Å². The number of hydrogen-bond acceptors (Lipinski definition) is 2. The molecule has 0 spiro atoms. The molecular weight excluding hydrogens is 268 g/mol. The molecule has 124 valence electrons. The van der Waals surface area contributed by atoms with Gasteiger partial charge in [-0.05, 0) is 12.8 Å². The van der Waals surface area contributed by atoms with Crippen LogP contribution in [0.2, 0.25) is 0 Å². The average Bonchev–Trinajstić information content (AvgIpc) is 2.43. The molecule has 0 aliphatic heterocycles. The van der Waals surface area contributed by atoms with Crippen LogP contribution < -0.4 is 0 Å². The van der Waals surface area contributed by atoms with Crippen molar-refractivity contribution in [1.29, 1.82) is 0 Å². The Labute approximate surface area is 128 Å². The summed E-state index contributed by atoms with van der Waals surface area (Å²) in [5, 5.41) is 18.4. The summed E-state index contributed by atoms with van der Waals surface area (Å²) in [5.74, 6) is -3.40. The van der Waals surface area contributed by atoms with Gasteiger partial charge in [0.1, 0.15) is 0 Å². The maximum atomic E-state index is 11.3. The molecule has 2 unspecified atom stereocenters. The smallest absolute Gasteiger partial charge is 0.307 e. The molecule has 2 N–H and O–H groups in total. The molecule has 0 aromatic rings. The van der Waals surface area contributed by atoms with Gasteiger partial charge in [0.05, 0.1) is 11.8 Å². The molecule has 0 aliphatic rings. The van der Waals surface area contributed by atoms with E-state index in [-0.39, 0.29) is 0 Å². The zero-order valence-corrected chi connectivity index (χ0v) is 13.6. The minimum Gasteiger partial charge on any atom is -0.481 e. The quantitative estimate of drug-likeness (QED) is 0.455. The van der Waals surface area contributed by atoms with Gasteiger partial charge < -0.3 is 10.2 Å². The molecule has 0 saturated carbocycles. The first-order chi connectivity index (χ1) is 10.0. The SMILES string of the molecule is CCCCCCCCCCC(C(=O)O)C(CCC)C(=O)O. The van der Waals surface area contributed by atoms with E-state index >= 15 is 0 Å². The number of aliphatic carboxylic acids is 2. The monoisotopic (exact) mass is 300 g/mol. The fourth-order valence-electron chi connectivity index (χ4n) is 2.80. The van der Waals surface area contributed by atoms with Crippen LogP contribution in [0.4, 0.5) is 0 Å². The van der Waals surface area contributed by atoms with Crippen LogP contribution in [-0.2, 0) is 9.59 Å². The van der Waals surface area contributed by atoms with Crippen LogP contribution >= 0.6 is 0 Å². The van der Waals surface area contributed by atoms with Gasteiger partial charge in [-0.3, -0.25) is 9.59 Å². The first-order valence-corrected chi connectivity index (χ1v) is 8.50. The molecule has 0 saturated heterocycles. The molecule has 0 rings (SSSR count). The lowest BCUT2D eigenvalue weighted by molar-refractivity contribution is -0.154. The Bertz CT molecular complexity index is 289. The lowest BCUT2D eigenvalue weighted by Crippen LogP contribution is -2.29. The Kier molecular flexibility index (Phi) is 12.0. The third kappa shape index (κ3) is 9.48. The molecule has 4 nitrogen and oxygen atoms in total. The minimum absolute atomic E-state index is 0.448. The summed E-state index contributed by atoms with van der Waals surface area (Å²) in [6, 6.07) is 0. The van der Waals surface area contributed by atoms with Gasteiger partial charge in [-0.2, -0.15) is 0 Å². The summed E-state index contributed by atoms with van der Waals surface area (Å²) in [6.07, 6.45) is 10.9. The second kappa shape index (κ2) is 12.7. The summed E-state index contributed by atoms with van der Waals surface area (Å²) in [6.45, 7) is 4.09. The highest BCUT2D eigenvalue weighted by atomic mass is 16.4. The number of carbonyl (C=O) groups is 2. The maximum Gasteiger partial charge on any atom is 0.307 e. The van der Waals surface area contributed by atoms with Crippen LogP contribution in [-0.4, -0.2) is 22.2 Å². The van der Waals surface area contributed by atoms with E-state index in [0.29, 0.717) is 19.3 Å². The van der Waals surface area contributed by atoms with Crippen molar-refractivity contribution in [2.45, 2.75) is 84.5 Å². The molecule has 0 aliphatic carbocycles. The standard InChI is InChI=1S/C17H32O4/c1-3-5-6-7-8-9-10-11-13-15(17(20)21)14(12-4-2)16(18)19/h14-15H,3-13H2,1-2H3,(H,18,19)(H,20,21). The molecule has 0 fully saturated rings. The van der Waals surface area contributed by atoms with Crippen LogP contribution in [0.25, 0.3) is 0 Å². The van der Waals surface area contributed by atoms with E-state index in [0.717, 1.165) is 19.3 Å². The predicted octanol–water partition coefficient (Wildman–Crippen LogP) is 4.72. The lowest BCUT2D eigenvalue weighted by Gasteiger charge is -2.19. The van der Waals surface area contributed by atoms with Crippen molar-refractivity contribution >= 4 is 11.9 Å². The number of rotatable bonds is 14. The summed E-state index contributed by atoms with van der Waals surface area (Å²) < 4.78 is 0. The summed E-state index contributed by atoms with van der Waals surface area (Å²) >= 11 is 0.